The van der Waals surface area contributed by atoms with Crippen LogP contribution in [-0.4, -0.2) is 53.1 Å². The van der Waals surface area contributed by atoms with Gasteiger partial charge in [0.15, 0.2) is 11.6 Å². The molecule has 1 heterocycles. The number of carbonyl (C=O) groups is 4. The highest BCUT2D eigenvalue weighted by atomic mass is 16.5. The summed E-state index contributed by atoms with van der Waals surface area (Å²) in [5, 5.41) is 9.31. The molecule has 4 unspecified atom stereocenters. The van der Waals surface area contributed by atoms with E-state index in [1.165, 1.54) is 11.0 Å². The van der Waals surface area contributed by atoms with E-state index in [0.29, 0.717) is 41.9 Å². The fraction of sp³-hybridized carbons (Fsp3) is 0.429. The van der Waals surface area contributed by atoms with Crippen molar-refractivity contribution in [2.24, 2.45) is 17.8 Å². The Hall–Kier alpha value is -3.32. The number of rotatable bonds is 6. The first-order valence-corrected chi connectivity index (χ1v) is 12.3. The van der Waals surface area contributed by atoms with Crippen LogP contribution in [0.4, 0.5) is 0 Å². The van der Waals surface area contributed by atoms with E-state index < -0.39 is 17.8 Å². The van der Waals surface area contributed by atoms with Gasteiger partial charge < -0.3 is 9.84 Å². The van der Waals surface area contributed by atoms with Crippen LogP contribution in [0, 0.1) is 17.8 Å². The van der Waals surface area contributed by atoms with E-state index in [2.05, 4.69) is 0 Å². The number of Topliss-reactive ketones (excluding diaryl/α,β-unsaturated/α-hetero) is 1. The van der Waals surface area contributed by atoms with Crippen molar-refractivity contribution < 1.29 is 29.0 Å². The fourth-order valence-corrected chi connectivity index (χ4v) is 6.23. The molecule has 0 spiro atoms. The van der Waals surface area contributed by atoms with Gasteiger partial charge >= 0.3 is 0 Å². The molecule has 1 aromatic rings. The number of imide groups is 1. The summed E-state index contributed by atoms with van der Waals surface area (Å²) in [7, 11) is 0. The topological polar surface area (TPSA) is 101 Å². The Labute approximate surface area is 204 Å². The summed E-state index contributed by atoms with van der Waals surface area (Å²) >= 11 is 0. The lowest BCUT2D eigenvalue weighted by Crippen LogP contribution is -2.40. The molecule has 1 fully saturated rings. The molecule has 182 valence electrons. The molecule has 3 aliphatic carbocycles. The zero-order valence-corrected chi connectivity index (χ0v) is 20.0. The smallest absolute Gasteiger partial charge is 0.233 e. The number of benzene rings is 1. The van der Waals surface area contributed by atoms with Gasteiger partial charge in [-0.05, 0) is 44.2 Å². The van der Waals surface area contributed by atoms with Crippen molar-refractivity contribution in [1.82, 2.24) is 4.90 Å². The van der Waals surface area contributed by atoms with Crippen molar-refractivity contribution in [2.75, 3.05) is 19.8 Å². The Balaban J connectivity index is 1.67. The number of hydrogen-bond donors (Lipinski definition) is 1. The molecule has 5 rings (SSSR count). The minimum atomic E-state index is -0.553. The molecule has 1 N–H and O–H groups in total. The lowest BCUT2D eigenvalue weighted by molar-refractivity contribution is -0.140. The number of ether oxygens (including phenoxy) is 1. The van der Waals surface area contributed by atoms with E-state index in [-0.39, 0.29) is 48.9 Å². The number of para-hydroxylation sites is 1. The number of fused-ring (bicyclic) bond motifs is 3. The maximum absolute atomic E-state index is 13.5. The number of allylic oxidation sites excluding steroid dienone is 6. The number of aliphatic hydroxyl groups excluding tert-OH is 1. The zero-order chi connectivity index (χ0) is 24.9. The molecule has 0 saturated carbocycles. The second kappa shape index (κ2) is 9.04. The van der Waals surface area contributed by atoms with Crippen LogP contribution in [0.2, 0.25) is 0 Å². The molecular weight excluding hydrogens is 446 g/mol. The molecule has 4 aliphatic rings. The standard InChI is InChI=1S/C28H29NO6/c1-3-10-29-27(33)18-9-8-16-19(24(18)28(29)34)14-20-21(31)13-15(2)26(32)25(20)23(16)17-6-4-5-7-22(17)35-12-11-30/h4-8,13,18-19,23-24,30H,3,9-12,14H2,1-2H3. The maximum Gasteiger partial charge on any atom is 0.233 e. The summed E-state index contributed by atoms with van der Waals surface area (Å²) in [5.41, 5.74) is 2.89. The summed E-state index contributed by atoms with van der Waals surface area (Å²) in [5.74, 6) is -2.04. The maximum atomic E-state index is 13.5. The van der Waals surface area contributed by atoms with Crippen LogP contribution in [0.15, 0.2) is 58.7 Å². The molecule has 1 aromatic carbocycles. The van der Waals surface area contributed by atoms with Crippen molar-refractivity contribution in [3.05, 3.63) is 64.3 Å². The van der Waals surface area contributed by atoms with E-state index >= 15 is 0 Å². The summed E-state index contributed by atoms with van der Waals surface area (Å²) in [6.07, 6.45) is 4.77. The van der Waals surface area contributed by atoms with Crippen molar-refractivity contribution in [3.63, 3.8) is 0 Å². The van der Waals surface area contributed by atoms with Gasteiger partial charge in [-0.1, -0.05) is 36.8 Å². The summed E-state index contributed by atoms with van der Waals surface area (Å²) < 4.78 is 5.82. The monoisotopic (exact) mass is 475 g/mol. The Morgan fingerprint density at radius 3 is 2.60 bits per heavy atom. The molecule has 7 heteroatoms. The molecule has 0 bridgehead atoms. The van der Waals surface area contributed by atoms with Crippen LogP contribution in [0.25, 0.3) is 0 Å². The first-order valence-electron chi connectivity index (χ1n) is 12.3. The average Bonchev–Trinajstić information content (AvgIpc) is 3.10. The first-order chi connectivity index (χ1) is 16.9. The van der Waals surface area contributed by atoms with Crippen LogP contribution in [0.5, 0.6) is 5.75 Å². The van der Waals surface area contributed by atoms with E-state index in [1.54, 1.807) is 13.0 Å². The van der Waals surface area contributed by atoms with E-state index in [0.717, 1.165) is 11.1 Å². The third-order valence-corrected chi connectivity index (χ3v) is 7.68. The number of amides is 2. The largest absolute Gasteiger partial charge is 0.491 e. The van der Waals surface area contributed by atoms with Crippen molar-refractivity contribution in [1.29, 1.82) is 0 Å². The molecule has 1 aliphatic heterocycles. The highest BCUT2D eigenvalue weighted by molar-refractivity contribution is 6.23. The Bertz CT molecular complexity index is 1220. The molecule has 7 nitrogen and oxygen atoms in total. The molecule has 2 amide bonds. The predicted octanol–water partition coefficient (Wildman–Crippen LogP) is 2.90. The summed E-state index contributed by atoms with van der Waals surface area (Å²) in [6.45, 7) is 3.90. The van der Waals surface area contributed by atoms with Gasteiger partial charge in [-0.2, -0.15) is 0 Å². The summed E-state index contributed by atoms with van der Waals surface area (Å²) in [4.78, 5) is 54.5. The highest BCUT2D eigenvalue weighted by Crippen LogP contribution is 2.56. The van der Waals surface area contributed by atoms with Gasteiger partial charge in [-0.3, -0.25) is 24.1 Å². The van der Waals surface area contributed by atoms with Gasteiger partial charge in [0, 0.05) is 34.7 Å². The average molecular weight is 476 g/mol. The Morgan fingerprint density at radius 1 is 1.09 bits per heavy atom. The number of hydrogen-bond acceptors (Lipinski definition) is 6. The molecular formula is C28H29NO6. The van der Waals surface area contributed by atoms with Gasteiger partial charge in [0.25, 0.3) is 0 Å². The number of aliphatic hydroxyl groups is 1. The quantitative estimate of drug-likeness (QED) is 0.386. The molecule has 0 aromatic heterocycles. The second-order valence-electron chi connectivity index (χ2n) is 9.67. The molecule has 4 atom stereocenters. The van der Waals surface area contributed by atoms with Crippen molar-refractivity contribution in [3.8, 4) is 5.75 Å². The molecule has 1 saturated heterocycles. The number of carbonyl (C=O) groups excluding carboxylic acids is 4. The Morgan fingerprint density at radius 2 is 1.86 bits per heavy atom. The van der Waals surface area contributed by atoms with Crippen LogP contribution in [0.3, 0.4) is 0 Å². The molecule has 35 heavy (non-hydrogen) atoms. The minimum Gasteiger partial charge on any atom is -0.491 e. The van der Waals surface area contributed by atoms with Gasteiger partial charge in [0.1, 0.15) is 12.4 Å². The minimum absolute atomic E-state index is 0.0909. The number of ketones is 2. The van der Waals surface area contributed by atoms with E-state index in [1.807, 2.05) is 31.2 Å². The van der Waals surface area contributed by atoms with Gasteiger partial charge in [-0.15, -0.1) is 0 Å². The van der Waals surface area contributed by atoms with Crippen molar-refractivity contribution in [2.45, 2.75) is 39.0 Å². The molecule has 0 radical (unpaired) electrons. The van der Waals surface area contributed by atoms with Crippen LogP contribution >= 0.6 is 0 Å². The van der Waals surface area contributed by atoms with Crippen LogP contribution in [-0.2, 0) is 19.2 Å². The first kappa shape index (κ1) is 23.4. The lowest BCUT2D eigenvalue weighted by Gasteiger charge is -2.42. The predicted molar refractivity (Wildman–Crippen MR) is 127 cm³/mol. The zero-order valence-electron chi connectivity index (χ0n) is 20.0. The third kappa shape index (κ3) is 3.60. The Kier molecular flexibility index (Phi) is 6.05. The number of nitrogens with zero attached hydrogens (tertiary/aromatic N) is 1. The van der Waals surface area contributed by atoms with Crippen LogP contribution in [0.1, 0.15) is 44.6 Å². The number of likely N-dealkylation sites (tertiary alicyclic amines) is 1. The normalized spacial score (nSPS) is 27.9. The third-order valence-electron chi connectivity index (χ3n) is 7.68. The lowest BCUT2D eigenvalue weighted by atomic mass is 9.59. The van der Waals surface area contributed by atoms with E-state index in [9.17, 15) is 24.3 Å². The second-order valence-corrected chi connectivity index (χ2v) is 9.67. The van der Waals surface area contributed by atoms with Gasteiger partial charge in [0.05, 0.1) is 18.4 Å². The van der Waals surface area contributed by atoms with Crippen LogP contribution < -0.4 is 4.74 Å². The van der Waals surface area contributed by atoms with Gasteiger partial charge in [0.2, 0.25) is 11.8 Å². The highest BCUT2D eigenvalue weighted by Gasteiger charge is 2.56. The van der Waals surface area contributed by atoms with Gasteiger partial charge in [-0.25, -0.2) is 0 Å². The SMILES string of the molecule is CCCN1C(=O)C2CC=C3C(c4ccccc4OCCO)C4=C(CC3C2C1=O)C(=O)C=C(C)C4=O. The van der Waals surface area contributed by atoms with E-state index in [4.69, 9.17) is 4.74 Å². The fourth-order valence-electron chi connectivity index (χ4n) is 6.23. The van der Waals surface area contributed by atoms with Crippen molar-refractivity contribution >= 4 is 23.4 Å². The summed E-state index contributed by atoms with van der Waals surface area (Å²) in [6, 6.07) is 7.32.